The number of rotatable bonds is 9. The Labute approximate surface area is 164 Å². The second-order valence-corrected chi connectivity index (χ2v) is 7.58. The number of furan rings is 1. The molecule has 27 heavy (non-hydrogen) atoms. The molecule has 0 atom stereocenters. The van der Waals surface area contributed by atoms with Gasteiger partial charge in [-0.2, -0.15) is 0 Å². The molecule has 3 rings (SSSR count). The third-order valence-electron chi connectivity index (χ3n) is 4.06. The van der Waals surface area contributed by atoms with Gasteiger partial charge in [0, 0.05) is 43.5 Å². The summed E-state index contributed by atoms with van der Waals surface area (Å²) in [7, 11) is 0. The van der Waals surface area contributed by atoms with Crippen molar-refractivity contribution in [3.05, 3.63) is 76.1 Å². The molecule has 0 amide bonds. The molecular formula is C21H26N4OS. The highest BCUT2D eigenvalue weighted by molar-refractivity contribution is 7.11. The summed E-state index contributed by atoms with van der Waals surface area (Å²) in [4.78, 5) is 10.4. The first-order valence-corrected chi connectivity index (χ1v) is 10.1. The Morgan fingerprint density at radius 3 is 2.56 bits per heavy atom. The first-order chi connectivity index (χ1) is 13.3. The normalized spacial score (nSPS) is 11.5. The smallest absolute Gasteiger partial charge is 0.191 e. The fraction of sp³-hybridized carbons (Fsp3) is 0.333. The van der Waals surface area contributed by atoms with Gasteiger partial charge in [-0.1, -0.05) is 30.3 Å². The Morgan fingerprint density at radius 1 is 1.04 bits per heavy atom. The average Bonchev–Trinajstić information content (AvgIpc) is 3.34. The number of aryl methyl sites for hydroxylation is 1. The molecular weight excluding hydrogens is 356 g/mol. The van der Waals surface area contributed by atoms with Crippen molar-refractivity contribution >= 4 is 17.3 Å². The zero-order valence-corrected chi connectivity index (χ0v) is 16.5. The lowest BCUT2D eigenvalue weighted by molar-refractivity contribution is 0.506. The summed E-state index contributed by atoms with van der Waals surface area (Å²) in [5.41, 5.74) is 1.32. The Balaban J connectivity index is 1.49. The van der Waals surface area contributed by atoms with Crippen LogP contribution in [0.3, 0.4) is 0 Å². The van der Waals surface area contributed by atoms with Gasteiger partial charge < -0.3 is 15.1 Å². The molecule has 0 aliphatic heterocycles. The average molecular weight is 383 g/mol. The summed E-state index contributed by atoms with van der Waals surface area (Å²) in [6.45, 7) is 4.42. The summed E-state index contributed by atoms with van der Waals surface area (Å²) < 4.78 is 5.39. The van der Waals surface area contributed by atoms with E-state index in [2.05, 4.69) is 46.8 Å². The van der Waals surface area contributed by atoms with E-state index in [0.717, 1.165) is 49.1 Å². The number of aromatic nitrogens is 1. The molecule has 0 aliphatic rings. The third kappa shape index (κ3) is 6.90. The van der Waals surface area contributed by atoms with Gasteiger partial charge in [0.25, 0.3) is 0 Å². The van der Waals surface area contributed by atoms with Crippen molar-refractivity contribution in [3.8, 4) is 0 Å². The van der Waals surface area contributed by atoms with Gasteiger partial charge in [-0.05, 0) is 31.0 Å². The maximum absolute atomic E-state index is 5.39. The maximum Gasteiger partial charge on any atom is 0.191 e. The van der Waals surface area contributed by atoms with Crippen molar-refractivity contribution in [3.63, 3.8) is 0 Å². The first kappa shape index (κ1) is 19.2. The van der Waals surface area contributed by atoms with Crippen molar-refractivity contribution in [1.29, 1.82) is 0 Å². The van der Waals surface area contributed by atoms with Crippen LogP contribution < -0.4 is 10.6 Å². The minimum Gasteiger partial charge on any atom is -0.469 e. The Kier molecular flexibility index (Phi) is 7.47. The molecule has 5 nitrogen and oxygen atoms in total. The monoisotopic (exact) mass is 382 g/mol. The van der Waals surface area contributed by atoms with E-state index >= 15 is 0 Å². The minimum absolute atomic E-state index is 0.717. The fourth-order valence-electron chi connectivity index (χ4n) is 2.68. The highest BCUT2D eigenvalue weighted by Crippen LogP contribution is 2.11. The number of benzene rings is 1. The number of guanidine groups is 1. The molecule has 2 aromatic heterocycles. The predicted octanol–water partition coefficient (Wildman–Crippen LogP) is 3.61. The quantitative estimate of drug-likeness (QED) is 0.438. The lowest BCUT2D eigenvalue weighted by Crippen LogP contribution is -2.39. The Hall–Kier alpha value is -2.60. The molecule has 0 fully saturated rings. The van der Waals surface area contributed by atoms with Crippen molar-refractivity contribution < 1.29 is 4.42 Å². The van der Waals surface area contributed by atoms with Crippen LogP contribution in [0, 0.1) is 6.92 Å². The molecule has 0 saturated carbocycles. The SMILES string of the molecule is Cc1cnc(CCN=C(NCCc2ccccc2)NCCc2ccco2)s1. The third-order valence-corrected chi connectivity index (χ3v) is 5.03. The van der Waals surface area contributed by atoms with Gasteiger partial charge in [-0.15, -0.1) is 11.3 Å². The lowest BCUT2D eigenvalue weighted by atomic mass is 10.1. The Bertz CT molecular complexity index is 812. The second-order valence-electron chi connectivity index (χ2n) is 6.26. The molecule has 0 aliphatic carbocycles. The fourth-order valence-corrected chi connectivity index (χ4v) is 3.46. The van der Waals surface area contributed by atoms with E-state index in [9.17, 15) is 0 Å². The van der Waals surface area contributed by atoms with Crippen LogP contribution in [0.2, 0.25) is 0 Å². The van der Waals surface area contributed by atoms with Crippen molar-refractivity contribution in [2.75, 3.05) is 19.6 Å². The van der Waals surface area contributed by atoms with Crippen LogP contribution in [-0.2, 0) is 19.3 Å². The standard InChI is InChI=1S/C21H26N4OS/c1-17-16-25-20(27-17)11-14-24-21(23-13-10-19-8-5-15-26-19)22-12-9-18-6-3-2-4-7-18/h2-8,15-16H,9-14H2,1H3,(H2,22,23,24). The summed E-state index contributed by atoms with van der Waals surface area (Å²) >= 11 is 1.74. The van der Waals surface area contributed by atoms with Gasteiger partial charge in [0.2, 0.25) is 0 Å². The van der Waals surface area contributed by atoms with Crippen LogP contribution in [0.5, 0.6) is 0 Å². The van der Waals surface area contributed by atoms with E-state index in [1.807, 2.05) is 24.4 Å². The molecule has 0 unspecified atom stereocenters. The van der Waals surface area contributed by atoms with Crippen LogP contribution >= 0.6 is 11.3 Å². The van der Waals surface area contributed by atoms with Crippen molar-refractivity contribution in [1.82, 2.24) is 15.6 Å². The van der Waals surface area contributed by atoms with E-state index in [1.54, 1.807) is 17.6 Å². The van der Waals surface area contributed by atoms with Crippen molar-refractivity contribution in [2.45, 2.75) is 26.2 Å². The minimum atomic E-state index is 0.717. The van der Waals surface area contributed by atoms with E-state index in [4.69, 9.17) is 9.41 Å². The van der Waals surface area contributed by atoms with Crippen LogP contribution in [0.4, 0.5) is 0 Å². The van der Waals surface area contributed by atoms with Crippen LogP contribution in [0.1, 0.15) is 21.2 Å². The topological polar surface area (TPSA) is 62.5 Å². The van der Waals surface area contributed by atoms with Crippen LogP contribution in [0.15, 0.2) is 64.3 Å². The zero-order chi connectivity index (χ0) is 18.7. The van der Waals surface area contributed by atoms with Crippen LogP contribution in [-0.4, -0.2) is 30.6 Å². The number of nitrogens with one attached hydrogen (secondary N) is 2. The predicted molar refractivity (Wildman–Crippen MR) is 111 cm³/mol. The lowest BCUT2D eigenvalue weighted by Gasteiger charge is -2.12. The number of hydrogen-bond acceptors (Lipinski definition) is 4. The van der Waals surface area contributed by atoms with E-state index in [1.165, 1.54) is 10.4 Å². The molecule has 3 aromatic rings. The summed E-state index contributed by atoms with van der Waals surface area (Å²) in [5.74, 6) is 1.81. The molecule has 2 heterocycles. The van der Waals surface area contributed by atoms with Gasteiger partial charge in [0.15, 0.2) is 5.96 Å². The molecule has 0 bridgehead atoms. The van der Waals surface area contributed by atoms with Gasteiger partial charge in [0.1, 0.15) is 5.76 Å². The summed E-state index contributed by atoms with van der Waals surface area (Å²) in [5, 5.41) is 7.96. The first-order valence-electron chi connectivity index (χ1n) is 9.29. The molecule has 142 valence electrons. The van der Waals surface area contributed by atoms with Gasteiger partial charge >= 0.3 is 0 Å². The summed E-state index contributed by atoms with van der Waals surface area (Å²) in [6, 6.07) is 14.4. The van der Waals surface area contributed by atoms with E-state index in [-0.39, 0.29) is 0 Å². The summed E-state index contributed by atoms with van der Waals surface area (Å²) in [6.07, 6.45) is 6.29. The van der Waals surface area contributed by atoms with E-state index < -0.39 is 0 Å². The number of aliphatic imine (C=N–C) groups is 1. The molecule has 0 radical (unpaired) electrons. The molecule has 2 N–H and O–H groups in total. The largest absolute Gasteiger partial charge is 0.469 e. The Morgan fingerprint density at radius 2 is 1.85 bits per heavy atom. The number of thiazole rings is 1. The molecule has 0 saturated heterocycles. The zero-order valence-electron chi connectivity index (χ0n) is 15.6. The highest BCUT2D eigenvalue weighted by Gasteiger charge is 2.02. The molecule has 0 spiro atoms. The van der Waals surface area contributed by atoms with Gasteiger partial charge in [-0.25, -0.2) is 4.98 Å². The van der Waals surface area contributed by atoms with Gasteiger partial charge in [-0.3, -0.25) is 4.99 Å². The van der Waals surface area contributed by atoms with E-state index in [0.29, 0.717) is 6.54 Å². The molecule has 6 heteroatoms. The van der Waals surface area contributed by atoms with Crippen molar-refractivity contribution in [2.24, 2.45) is 4.99 Å². The number of nitrogens with zero attached hydrogens (tertiary/aromatic N) is 2. The molecule has 1 aromatic carbocycles. The number of hydrogen-bond donors (Lipinski definition) is 2. The van der Waals surface area contributed by atoms with Gasteiger partial charge in [0.05, 0.1) is 11.3 Å². The maximum atomic E-state index is 5.39. The second kappa shape index (κ2) is 10.5. The highest BCUT2D eigenvalue weighted by atomic mass is 32.1. The van der Waals surface area contributed by atoms with Crippen LogP contribution in [0.25, 0.3) is 0 Å².